The number of nitrogens with two attached hydrogens (primary N) is 1. The standard InChI is InChI=1S/C20H23N3O/c21-19-8-4-7-17(15-19)9-10-20(24)23-13-11-22(12-14-23)16-18-5-2-1-3-6-18/h1-10,15H,11-14,16,21H2/b10-9+. The Bertz CT molecular complexity index is 704. The highest BCUT2D eigenvalue weighted by atomic mass is 16.2. The van der Waals surface area contributed by atoms with Crippen LogP contribution in [-0.2, 0) is 11.3 Å². The van der Waals surface area contributed by atoms with Gasteiger partial charge in [-0.1, -0.05) is 42.5 Å². The molecular weight excluding hydrogens is 298 g/mol. The monoisotopic (exact) mass is 321 g/mol. The maximum Gasteiger partial charge on any atom is 0.246 e. The lowest BCUT2D eigenvalue weighted by atomic mass is 10.2. The highest BCUT2D eigenvalue weighted by Crippen LogP contribution is 2.11. The number of rotatable bonds is 4. The third kappa shape index (κ3) is 4.46. The minimum atomic E-state index is 0.0665. The van der Waals surface area contributed by atoms with Crippen LogP contribution in [0.5, 0.6) is 0 Å². The Labute approximate surface area is 143 Å². The van der Waals surface area contributed by atoms with Gasteiger partial charge in [-0.2, -0.15) is 0 Å². The summed E-state index contributed by atoms with van der Waals surface area (Å²) in [6, 6.07) is 18.0. The minimum Gasteiger partial charge on any atom is -0.399 e. The first-order valence-electron chi connectivity index (χ1n) is 8.29. The summed E-state index contributed by atoms with van der Waals surface area (Å²) in [5, 5.41) is 0. The molecule has 0 spiro atoms. The number of amides is 1. The van der Waals surface area contributed by atoms with E-state index in [-0.39, 0.29) is 5.91 Å². The minimum absolute atomic E-state index is 0.0665. The van der Waals surface area contributed by atoms with E-state index in [0.717, 1.165) is 38.3 Å². The van der Waals surface area contributed by atoms with E-state index >= 15 is 0 Å². The molecule has 3 rings (SSSR count). The Balaban J connectivity index is 1.50. The van der Waals surface area contributed by atoms with Gasteiger partial charge in [-0.3, -0.25) is 9.69 Å². The number of hydrogen-bond acceptors (Lipinski definition) is 3. The maximum atomic E-state index is 12.3. The summed E-state index contributed by atoms with van der Waals surface area (Å²) in [4.78, 5) is 16.6. The molecule has 4 heteroatoms. The van der Waals surface area contributed by atoms with E-state index in [1.165, 1.54) is 5.56 Å². The van der Waals surface area contributed by atoms with Gasteiger partial charge in [-0.05, 0) is 29.3 Å². The first-order valence-corrected chi connectivity index (χ1v) is 8.29. The first-order chi connectivity index (χ1) is 11.7. The van der Waals surface area contributed by atoms with Crippen LogP contribution >= 0.6 is 0 Å². The summed E-state index contributed by atoms with van der Waals surface area (Å²) in [6.07, 6.45) is 3.47. The predicted molar refractivity (Wildman–Crippen MR) is 98.2 cm³/mol. The van der Waals surface area contributed by atoms with Crippen molar-refractivity contribution < 1.29 is 4.79 Å². The van der Waals surface area contributed by atoms with E-state index in [1.54, 1.807) is 6.08 Å². The first kappa shape index (κ1) is 16.3. The maximum absolute atomic E-state index is 12.3. The molecule has 0 saturated carbocycles. The number of carbonyl (C=O) groups is 1. The summed E-state index contributed by atoms with van der Waals surface area (Å²) in [6.45, 7) is 4.31. The third-order valence-electron chi connectivity index (χ3n) is 4.26. The molecule has 2 aromatic carbocycles. The van der Waals surface area contributed by atoms with Gasteiger partial charge in [0.25, 0.3) is 0 Å². The fourth-order valence-electron chi connectivity index (χ4n) is 2.90. The van der Waals surface area contributed by atoms with Crippen molar-refractivity contribution in [2.45, 2.75) is 6.54 Å². The molecule has 1 aliphatic rings. The van der Waals surface area contributed by atoms with Crippen molar-refractivity contribution in [3.8, 4) is 0 Å². The van der Waals surface area contributed by atoms with Crippen LogP contribution < -0.4 is 5.73 Å². The van der Waals surface area contributed by atoms with Crippen molar-refractivity contribution in [2.75, 3.05) is 31.9 Å². The van der Waals surface area contributed by atoms with Gasteiger partial charge in [0.15, 0.2) is 0 Å². The second-order valence-electron chi connectivity index (χ2n) is 6.09. The number of benzene rings is 2. The molecule has 1 amide bonds. The molecule has 1 aliphatic heterocycles. The molecule has 0 bridgehead atoms. The van der Waals surface area contributed by atoms with Crippen LogP contribution in [0.1, 0.15) is 11.1 Å². The van der Waals surface area contributed by atoms with Crippen molar-refractivity contribution in [3.05, 3.63) is 71.8 Å². The lowest BCUT2D eigenvalue weighted by Crippen LogP contribution is -2.47. The molecule has 124 valence electrons. The molecule has 2 N–H and O–H groups in total. The summed E-state index contributed by atoms with van der Waals surface area (Å²) in [5.74, 6) is 0.0665. The summed E-state index contributed by atoms with van der Waals surface area (Å²) in [5.41, 5.74) is 8.73. The van der Waals surface area contributed by atoms with Gasteiger partial charge in [0.2, 0.25) is 5.91 Å². The Kier molecular flexibility index (Phi) is 5.29. The van der Waals surface area contributed by atoms with Crippen LogP contribution in [0.25, 0.3) is 6.08 Å². The van der Waals surface area contributed by atoms with Crippen LogP contribution in [0.4, 0.5) is 5.69 Å². The average molecular weight is 321 g/mol. The lowest BCUT2D eigenvalue weighted by Gasteiger charge is -2.34. The van der Waals surface area contributed by atoms with Gasteiger partial charge in [-0.25, -0.2) is 0 Å². The van der Waals surface area contributed by atoms with Crippen LogP contribution in [0.15, 0.2) is 60.7 Å². The quantitative estimate of drug-likeness (QED) is 0.696. The van der Waals surface area contributed by atoms with E-state index in [0.29, 0.717) is 5.69 Å². The second-order valence-corrected chi connectivity index (χ2v) is 6.09. The zero-order valence-corrected chi connectivity index (χ0v) is 13.8. The lowest BCUT2D eigenvalue weighted by molar-refractivity contribution is -0.127. The molecule has 0 aromatic heterocycles. The van der Waals surface area contributed by atoms with Crippen LogP contribution in [0.3, 0.4) is 0 Å². The molecule has 0 atom stereocenters. The van der Waals surface area contributed by atoms with E-state index in [9.17, 15) is 4.79 Å². The molecular formula is C20H23N3O. The number of carbonyl (C=O) groups excluding carboxylic acids is 1. The number of nitrogen functional groups attached to an aromatic ring is 1. The molecule has 0 aliphatic carbocycles. The fourth-order valence-corrected chi connectivity index (χ4v) is 2.90. The number of anilines is 1. The molecule has 1 fully saturated rings. The highest BCUT2D eigenvalue weighted by molar-refractivity contribution is 5.92. The van der Waals surface area contributed by atoms with Crippen LogP contribution in [0, 0.1) is 0 Å². The molecule has 0 unspecified atom stereocenters. The topological polar surface area (TPSA) is 49.6 Å². The fraction of sp³-hybridized carbons (Fsp3) is 0.250. The zero-order valence-electron chi connectivity index (χ0n) is 13.8. The van der Waals surface area contributed by atoms with Gasteiger partial charge in [-0.15, -0.1) is 0 Å². The van der Waals surface area contributed by atoms with Crippen molar-refractivity contribution >= 4 is 17.7 Å². The van der Waals surface area contributed by atoms with Gasteiger partial charge in [0.05, 0.1) is 0 Å². The van der Waals surface area contributed by atoms with Crippen molar-refractivity contribution in [2.24, 2.45) is 0 Å². The Morgan fingerprint density at radius 3 is 2.46 bits per heavy atom. The second kappa shape index (κ2) is 7.79. The third-order valence-corrected chi connectivity index (χ3v) is 4.26. The predicted octanol–water partition coefficient (Wildman–Crippen LogP) is 2.63. The van der Waals surface area contributed by atoms with E-state index < -0.39 is 0 Å². The largest absolute Gasteiger partial charge is 0.399 e. The normalized spacial score (nSPS) is 15.8. The van der Waals surface area contributed by atoms with Crippen molar-refractivity contribution in [1.29, 1.82) is 0 Å². The Hall–Kier alpha value is -2.59. The van der Waals surface area contributed by atoms with Gasteiger partial charge < -0.3 is 10.6 Å². The van der Waals surface area contributed by atoms with Gasteiger partial charge in [0.1, 0.15) is 0 Å². The zero-order chi connectivity index (χ0) is 16.8. The van der Waals surface area contributed by atoms with E-state index in [4.69, 9.17) is 5.73 Å². The molecule has 2 aromatic rings. The number of nitrogens with zero attached hydrogens (tertiary/aromatic N) is 2. The van der Waals surface area contributed by atoms with Crippen LogP contribution in [0.2, 0.25) is 0 Å². The molecule has 24 heavy (non-hydrogen) atoms. The summed E-state index contributed by atoms with van der Waals surface area (Å²) in [7, 11) is 0. The summed E-state index contributed by atoms with van der Waals surface area (Å²) >= 11 is 0. The SMILES string of the molecule is Nc1cccc(/C=C/C(=O)N2CCN(Cc3ccccc3)CC2)c1. The van der Waals surface area contributed by atoms with Crippen molar-refractivity contribution in [1.82, 2.24) is 9.80 Å². The molecule has 4 nitrogen and oxygen atoms in total. The van der Waals surface area contributed by atoms with Gasteiger partial charge in [0, 0.05) is 44.5 Å². The van der Waals surface area contributed by atoms with E-state index in [2.05, 4.69) is 29.2 Å². The molecule has 0 radical (unpaired) electrons. The summed E-state index contributed by atoms with van der Waals surface area (Å²) < 4.78 is 0. The van der Waals surface area contributed by atoms with Gasteiger partial charge >= 0.3 is 0 Å². The number of piperazine rings is 1. The Morgan fingerprint density at radius 2 is 1.75 bits per heavy atom. The van der Waals surface area contributed by atoms with Crippen LogP contribution in [-0.4, -0.2) is 41.9 Å². The van der Waals surface area contributed by atoms with E-state index in [1.807, 2.05) is 41.3 Å². The Morgan fingerprint density at radius 1 is 1.00 bits per heavy atom. The molecule has 1 saturated heterocycles. The average Bonchev–Trinajstić information content (AvgIpc) is 2.61. The smallest absolute Gasteiger partial charge is 0.246 e. The highest BCUT2D eigenvalue weighted by Gasteiger charge is 2.19. The number of hydrogen-bond donors (Lipinski definition) is 1. The van der Waals surface area contributed by atoms with Crippen molar-refractivity contribution in [3.63, 3.8) is 0 Å². The molecule has 1 heterocycles.